The summed E-state index contributed by atoms with van der Waals surface area (Å²) in [4.78, 5) is 2.16. The van der Waals surface area contributed by atoms with Gasteiger partial charge in [-0.1, -0.05) is 0 Å². The fraction of sp³-hybridized carbons (Fsp3) is 0.286. The molecule has 8 nitrogen and oxygen atoms in total. The maximum absolute atomic E-state index is 10.3. The molecule has 158 valence electrons. The number of nitrogens with one attached hydrogen (secondary N) is 2. The van der Waals surface area contributed by atoms with Gasteiger partial charge in [0.25, 0.3) is 0 Å². The van der Waals surface area contributed by atoms with Crippen LogP contribution in [-0.2, 0) is 0 Å². The lowest BCUT2D eigenvalue weighted by molar-refractivity contribution is 0.340. The number of aromatic nitrogens is 3. The molecule has 0 unspecified atom stereocenters. The third-order valence-electron chi connectivity index (χ3n) is 4.60. The number of hydrazone groups is 1. The third-order valence-corrected chi connectivity index (χ3v) is 4.87. The molecule has 0 aliphatic heterocycles. The molecule has 0 aliphatic carbocycles. The van der Waals surface area contributed by atoms with E-state index in [0.717, 1.165) is 30.1 Å². The number of ether oxygens (including phenoxy) is 1. The number of aromatic amines is 1. The fourth-order valence-electron chi connectivity index (χ4n) is 3.03. The summed E-state index contributed by atoms with van der Waals surface area (Å²) >= 11 is 5.30. The molecule has 0 bridgehead atoms. The topological polar surface area (TPSA) is 90.7 Å². The Morgan fingerprint density at radius 2 is 1.93 bits per heavy atom. The summed E-state index contributed by atoms with van der Waals surface area (Å²) in [5, 5.41) is 21.6. The lowest BCUT2D eigenvalue weighted by Crippen LogP contribution is -2.21. The molecule has 0 saturated carbocycles. The summed E-state index contributed by atoms with van der Waals surface area (Å²) in [6, 6.07) is 13.1. The van der Waals surface area contributed by atoms with Crippen molar-refractivity contribution in [3.63, 3.8) is 0 Å². The lowest BCUT2D eigenvalue weighted by atomic mass is 10.2. The molecule has 0 saturated heterocycles. The monoisotopic (exact) mass is 426 g/mol. The minimum absolute atomic E-state index is 0.160. The summed E-state index contributed by atoms with van der Waals surface area (Å²) in [5.74, 6) is 1.53. The van der Waals surface area contributed by atoms with Gasteiger partial charge >= 0.3 is 0 Å². The van der Waals surface area contributed by atoms with Gasteiger partial charge in [0.05, 0.1) is 12.8 Å². The predicted molar refractivity (Wildman–Crippen MR) is 123 cm³/mol. The molecular formula is C21H26N6O2S. The summed E-state index contributed by atoms with van der Waals surface area (Å²) in [6.45, 7) is 8.45. The van der Waals surface area contributed by atoms with Crippen LogP contribution >= 0.6 is 12.2 Å². The van der Waals surface area contributed by atoms with Crippen LogP contribution in [0.5, 0.6) is 11.5 Å². The van der Waals surface area contributed by atoms with Crippen molar-refractivity contribution in [1.29, 1.82) is 0 Å². The Morgan fingerprint density at radius 1 is 1.20 bits per heavy atom. The Labute approximate surface area is 180 Å². The number of H-pyrrole nitrogens is 1. The average Bonchev–Trinajstić information content (AvgIpc) is 3.12. The van der Waals surface area contributed by atoms with Gasteiger partial charge in [-0.05, 0) is 69.4 Å². The van der Waals surface area contributed by atoms with E-state index in [4.69, 9.17) is 17.0 Å². The van der Waals surface area contributed by atoms with Crippen LogP contribution in [0.2, 0.25) is 0 Å². The molecule has 3 rings (SSSR count). The summed E-state index contributed by atoms with van der Waals surface area (Å²) in [6.07, 6.45) is 1.54. The fourth-order valence-corrected chi connectivity index (χ4v) is 3.21. The van der Waals surface area contributed by atoms with Crippen molar-refractivity contribution in [2.24, 2.45) is 5.10 Å². The Morgan fingerprint density at radius 3 is 2.57 bits per heavy atom. The van der Waals surface area contributed by atoms with Crippen molar-refractivity contribution < 1.29 is 9.84 Å². The van der Waals surface area contributed by atoms with Crippen LogP contribution in [0.1, 0.15) is 26.3 Å². The van der Waals surface area contributed by atoms with E-state index in [9.17, 15) is 5.11 Å². The van der Waals surface area contributed by atoms with Crippen LogP contribution in [0.3, 0.4) is 0 Å². The molecule has 0 aliphatic rings. The van der Waals surface area contributed by atoms with Gasteiger partial charge in [0, 0.05) is 36.0 Å². The highest BCUT2D eigenvalue weighted by Gasteiger charge is 2.09. The van der Waals surface area contributed by atoms with Crippen LogP contribution in [0, 0.1) is 4.77 Å². The minimum Gasteiger partial charge on any atom is -0.507 e. The molecule has 0 spiro atoms. The van der Waals surface area contributed by atoms with Crippen molar-refractivity contribution in [1.82, 2.24) is 14.9 Å². The maximum Gasteiger partial charge on any atom is 0.216 e. The van der Waals surface area contributed by atoms with Crippen LogP contribution in [0.15, 0.2) is 47.6 Å². The number of hydrogen-bond acceptors (Lipinski definition) is 7. The predicted octanol–water partition coefficient (Wildman–Crippen LogP) is 4.14. The second-order valence-electron chi connectivity index (χ2n) is 6.42. The van der Waals surface area contributed by atoms with Gasteiger partial charge in [0.15, 0.2) is 5.82 Å². The number of phenolic OH excluding ortho intramolecular Hbond substituents is 1. The van der Waals surface area contributed by atoms with Gasteiger partial charge in [0.2, 0.25) is 4.77 Å². The quantitative estimate of drug-likeness (QED) is 0.271. The van der Waals surface area contributed by atoms with Crippen LogP contribution in [0.25, 0.3) is 11.4 Å². The minimum atomic E-state index is 0.160. The molecule has 1 heterocycles. The second kappa shape index (κ2) is 9.93. The highest BCUT2D eigenvalue weighted by Crippen LogP contribution is 2.24. The number of hydrogen-bond donors (Lipinski definition) is 3. The lowest BCUT2D eigenvalue weighted by Gasteiger charge is -2.21. The summed E-state index contributed by atoms with van der Waals surface area (Å²) in [5.41, 5.74) is 5.28. The van der Waals surface area contributed by atoms with E-state index in [0.29, 0.717) is 22.8 Å². The Hall–Kier alpha value is -3.33. The molecule has 1 aromatic heterocycles. The molecule has 3 aromatic rings. The van der Waals surface area contributed by atoms with E-state index in [1.54, 1.807) is 10.7 Å². The SMILES string of the molecule is CCOc1ccc(-c2n[nH]c(=S)n2N/N=C/c2ccc(N(CC)CC)cc2O)cc1. The van der Waals surface area contributed by atoms with Gasteiger partial charge in [-0.2, -0.15) is 14.9 Å². The van der Waals surface area contributed by atoms with E-state index in [1.807, 2.05) is 43.3 Å². The first-order valence-electron chi connectivity index (χ1n) is 9.85. The number of nitrogens with zero attached hydrogens (tertiary/aromatic N) is 4. The van der Waals surface area contributed by atoms with Crippen molar-refractivity contribution in [2.45, 2.75) is 20.8 Å². The van der Waals surface area contributed by atoms with Gasteiger partial charge < -0.3 is 14.7 Å². The van der Waals surface area contributed by atoms with Crippen LogP contribution < -0.4 is 15.2 Å². The first kappa shape index (κ1) is 21.4. The van der Waals surface area contributed by atoms with Gasteiger partial charge in [-0.15, -0.1) is 0 Å². The number of aromatic hydroxyl groups is 1. The molecule has 0 amide bonds. The standard InChI is InChI=1S/C21H26N6O2S/c1-4-26(5-2)17-10-7-16(19(28)13-17)14-22-25-27-20(23-24-21(27)30)15-8-11-18(12-9-15)29-6-3/h7-14,25,28H,4-6H2,1-3H3,(H,24,30)/b22-14+. The molecule has 0 radical (unpaired) electrons. The van der Waals surface area contributed by atoms with Gasteiger partial charge in [-0.3, -0.25) is 0 Å². The highest BCUT2D eigenvalue weighted by atomic mass is 32.1. The smallest absolute Gasteiger partial charge is 0.216 e. The highest BCUT2D eigenvalue weighted by molar-refractivity contribution is 7.71. The summed E-state index contributed by atoms with van der Waals surface area (Å²) < 4.78 is 7.40. The molecule has 2 aromatic carbocycles. The number of rotatable bonds is 9. The van der Waals surface area contributed by atoms with Crippen molar-refractivity contribution in [2.75, 3.05) is 30.1 Å². The number of phenols is 1. The van der Waals surface area contributed by atoms with Crippen molar-refractivity contribution in [3.8, 4) is 22.9 Å². The molecule has 3 N–H and O–H groups in total. The van der Waals surface area contributed by atoms with Gasteiger partial charge in [-0.25, -0.2) is 10.6 Å². The largest absolute Gasteiger partial charge is 0.507 e. The van der Waals surface area contributed by atoms with E-state index < -0.39 is 0 Å². The van der Waals surface area contributed by atoms with E-state index in [-0.39, 0.29) is 5.75 Å². The van der Waals surface area contributed by atoms with Crippen LogP contribution in [-0.4, -0.2) is 45.9 Å². The molecule has 30 heavy (non-hydrogen) atoms. The van der Waals surface area contributed by atoms with E-state index in [2.05, 4.69) is 39.6 Å². The molecule has 0 atom stereocenters. The second-order valence-corrected chi connectivity index (χ2v) is 6.81. The Kier molecular flexibility index (Phi) is 7.08. The maximum atomic E-state index is 10.3. The number of anilines is 1. The van der Waals surface area contributed by atoms with Crippen molar-refractivity contribution >= 4 is 24.1 Å². The normalized spacial score (nSPS) is 11.0. The van der Waals surface area contributed by atoms with E-state index >= 15 is 0 Å². The Balaban J connectivity index is 1.77. The zero-order valence-electron chi connectivity index (χ0n) is 17.3. The number of benzene rings is 2. The zero-order chi connectivity index (χ0) is 21.5. The van der Waals surface area contributed by atoms with Gasteiger partial charge in [0.1, 0.15) is 11.5 Å². The Bertz CT molecular complexity index is 1050. The van der Waals surface area contributed by atoms with Crippen molar-refractivity contribution in [3.05, 3.63) is 52.8 Å². The van der Waals surface area contributed by atoms with E-state index in [1.165, 1.54) is 6.21 Å². The first-order valence-corrected chi connectivity index (χ1v) is 10.3. The first-order chi connectivity index (χ1) is 14.6. The third kappa shape index (κ3) is 4.80. The zero-order valence-corrected chi connectivity index (χ0v) is 18.1. The summed E-state index contributed by atoms with van der Waals surface area (Å²) in [7, 11) is 0. The molecule has 0 fully saturated rings. The average molecular weight is 427 g/mol. The molecule has 9 heteroatoms. The molecular weight excluding hydrogens is 400 g/mol. The van der Waals surface area contributed by atoms with Crippen LogP contribution in [0.4, 0.5) is 5.69 Å².